The molecule has 1 aromatic carbocycles. The molecule has 1 amide bonds. The zero-order valence-electron chi connectivity index (χ0n) is 12.6. The summed E-state index contributed by atoms with van der Waals surface area (Å²) in [6, 6.07) is 4.35. The first-order chi connectivity index (χ1) is 10.2. The maximum absolute atomic E-state index is 11.6. The van der Waals surface area contributed by atoms with Crippen molar-refractivity contribution >= 4 is 34.6 Å². The molecule has 0 heterocycles. The number of halogens is 1. The van der Waals surface area contributed by atoms with Crippen molar-refractivity contribution in [3.63, 3.8) is 0 Å². The second-order valence-corrected chi connectivity index (χ2v) is 5.87. The molecule has 0 bridgehead atoms. The number of nitro benzene ring substituents is 1. The smallest absolute Gasteiger partial charge is 0.294 e. The van der Waals surface area contributed by atoms with E-state index in [1.54, 1.807) is 19.9 Å². The molecule has 8 heteroatoms. The number of benzene rings is 1. The van der Waals surface area contributed by atoms with E-state index in [0.717, 1.165) is 0 Å². The average Bonchev–Trinajstić information content (AvgIpc) is 2.42. The van der Waals surface area contributed by atoms with Gasteiger partial charge >= 0.3 is 0 Å². The molecule has 0 saturated carbocycles. The number of amides is 1. The molecule has 3 N–H and O–H groups in total. The highest BCUT2D eigenvalue weighted by molar-refractivity contribution is 6.18. The molecule has 0 atom stereocenters. The van der Waals surface area contributed by atoms with Gasteiger partial charge in [-0.05, 0) is 32.4 Å². The number of nitrogens with one attached hydrogen (secondary N) is 2. The second-order valence-electron chi connectivity index (χ2n) is 5.50. The van der Waals surface area contributed by atoms with Gasteiger partial charge in [-0.25, -0.2) is 0 Å². The van der Waals surface area contributed by atoms with Crippen LogP contribution in [-0.4, -0.2) is 34.0 Å². The molecule has 0 aromatic heterocycles. The molecule has 0 unspecified atom stereocenters. The number of carbonyl (C=O) groups is 1. The minimum atomic E-state index is -0.998. The number of nitro groups is 1. The van der Waals surface area contributed by atoms with E-state index in [1.807, 2.05) is 0 Å². The van der Waals surface area contributed by atoms with Crippen LogP contribution in [0.2, 0.25) is 0 Å². The van der Waals surface area contributed by atoms with Gasteiger partial charge in [-0.1, -0.05) is 0 Å². The van der Waals surface area contributed by atoms with Crippen molar-refractivity contribution in [2.45, 2.75) is 32.3 Å². The fourth-order valence-electron chi connectivity index (χ4n) is 1.67. The number of hydrogen-bond donors (Lipinski definition) is 3. The molecule has 0 spiro atoms. The summed E-state index contributed by atoms with van der Waals surface area (Å²) in [6.45, 7) is 3.35. The molecule has 0 fully saturated rings. The summed E-state index contributed by atoms with van der Waals surface area (Å²) in [5.41, 5.74) is -0.534. The van der Waals surface area contributed by atoms with Gasteiger partial charge < -0.3 is 15.7 Å². The number of hydrogen-bond acceptors (Lipinski definition) is 5. The Morgan fingerprint density at radius 3 is 2.68 bits per heavy atom. The molecule has 122 valence electrons. The SMILES string of the molecule is CC(C)(O)CNc1ccc(NC(=O)CCCCl)cc1[N+](=O)[O-]. The van der Waals surface area contributed by atoms with Gasteiger partial charge in [0.05, 0.1) is 10.5 Å². The Bertz CT molecular complexity index is 543. The Balaban J connectivity index is 2.85. The van der Waals surface area contributed by atoms with Crippen LogP contribution < -0.4 is 10.6 Å². The van der Waals surface area contributed by atoms with Gasteiger partial charge in [-0.15, -0.1) is 11.6 Å². The van der Waals surface area contributed by atoms with Crippen LogP contribution in [0.4, 0.5) is 17.1 Å². The molecular weight excluding hydrogens is 310 g/mol. The Labute approximate surface area is 133 Å². The molecule has 7 nitrogen and oxygen atoms in total. The standard InChI is InChI=1S/C14H20ClN3O4/c1-14(2,20)9-16-11-6-5-10(8-12(11)18(21)22)17-13(19)4-3-7-15/h5-6,8,16,20H,3-4,7,9H2,1-2H3,(H,17,19). The van der Waals surface area contributed by atoms with E-state index in [0.29, 0.717) is 18.0 Å². The first kappa shape index (κ1) is 18.2. The summed E-state index contributed by atoms with van der Waals surface area (Å²) in [6.07, 6.45) is 0.802. The van der Waals surface area contributed by atoms with Crippen molar-refractivity contribution in [1.29, 1.82) is 0 Å². The Morgan fingerprint density at radius 1 is 1.45 bits per heavy atom. The summed E-state index contributed by atoms with van der Waals surface area (Å²) in [7, 11) is 0. The molecule has 0 saturated heterocycles. The Hall–Kier alpha value is -1.86. The highest BCUT2D eigenvalue weighted by atomic mass is 35.5. The fraction of sp³-hybridized carbons (Fsp3) is 0.500. The van der Waals surface area contributed by atoms with Crippen molar-refractivity contribution in [1.82, 2.24) is 0 Å². The third-order valence-corrected chi connectivity index (χ3v) is 2.99. The number of alkyl halides is 1. The number of nitrogens with zero attached hydrogens (tertiary/aromatic N) is 1. The largest absolute Gasteiger partial charge is 0.389 e. The average molecular weight is 330 g/mol. The highest BCUT2D eigenvalue weighted by Crippen LogP contribution is 2.28. The first-order valence-corrected chi connectivity index (χ1v) is 7.37. The van der Waals surface area contributed by atoms with E-state index in [4.69, 9.17) is 11.6 Å². The maximum atomic E-state index is 11.6. The van der Waals surface area contributed by atoms with Crippen LogP contribution in [-0.2, 0) is 4.79 Å². The van der Waals surface area contributed by atoms with Crippen molar-refractivity contribution in [3.8, 4) is 0 Å². The monoisotopic (exact) mass is 329 g/mol. The lowest BCUT2D eigenvalue weighted by atomic mass is 10.1. The van der Waals surface area contributed by atoms with E-state index in [9.17, 15) is 20.0 Å². The molecule has 1 rings (SSSR count). The van der Waals surface area contributed by atoms with Crippen LogP contribution in [0.1, 0.15) is 26.7 Å². The molecular formula is C14H20ClN3O4. The number of aliphatic hydroxyl groups is 1. The molecule has 22 heavy (non-hydrogen) atoms. The topological polar surface area (TPSA) is 104 Å². The molecule has 0 aliphatic carbocycles. The fourth-order valence-corrected chi connectivity index (χ4v) is 1.81. The summed E-state index contributed by atoms with van der Waals surface area (Å²) in [4.78, 5) is 22.2. The predicted molar refractivity (Wildman–Crippen MR) is 86.5 cm³/mol. The summed E-state index contributed by atoms with van der Waals surface area (Å²) in [5.74, 6) is 0.139. The zero-order chi connectivity index (χ0) is 16.8. The van der Waals surface area contributed by atoms with E-state index in [2.05, 4.69) is 10.6 Å². The summed E-state index contributed by atoms with van der Waals surface area (Å²) in [5, 5.41) is 26.2. The van der Waals surface area contributed by atoms with Gasteiger partial charge in [0.2, 0.25) is 5.91 Å². The zero-order valence-corrected chi connectivity index (χ0v) is 13.3. The van der Waals surface area contributed by atoms with E-state index < -0.39 is 10.5 Å². The lowest BCUT2D eigenvalue weighted by Gasteiger charge is -2.18. The van der Waals surface area contributed by atoms with Gasteiger partial charge in [0.15, 0.2) is 0 Å². The maximum Gasteiger partial charge on any atom is 0.294 e. The molecule has 0 radical (unpaired) electrons. The molecule has 0 aliphatic rings. The lowest BCUT2D eigenvalue weighted by molar-refractivity contribution is -0.383. The van der Waals surface area contributed by atoms with E-state index >= 15 is 0 Å². The van der Waals surface area contributed by atoms with E-state index in [-0.39, 0.29) is 30.2 Å². The third kappa shape index (κ3) is 6.28. The minimum Gasteiger partial charge on any atom is -0.389 e. The number of rotatable bonds is 8. The van der Waals surface area contributed by atoms with Crippen LogP contribution in [0, 0.1) is 10.1 Å². The molecule has 1 aromatic rings. The van der Waals surface area contributed by atoms with Crippen molar-refractivity contribution in [3.05, 3.63) is 28.3 Å². The van der Waals surface area contributed by atoms with Crippen LogP contribution >= 0.6 is 11.6 Å². The van der Waals surface area contributed by atoms with Crippen LogP contribution in [0.15, 0.2) is 18.2 Å². The van der Waals surface area contributed by atoms with Crippen LogP contribution in [0.5, 0.6) is 0 Å². The predicted octanol–water partition coefficient (Wildman–Crippen LogP) is 2.74. The Kier molecular flexibility index (Phi) is 6.58. The normalized spacial score (nSPS) is 11.1. The van der Waals surface area contributed by atoms with Gasteiger partial charge in [-0.2, -0.15) is 0 Å². The van der Waals surface area contributed by atoms with Gasteiger partial charge in [0.1, 0.15) is 5.69 Å². The minimum absolute atomic E-state index is 0.162. The van der Waals surface area contributed by atoms with Crippen LogP contribution in [0.25, 0.3) is 0 Å². The Morgan fingerprint density at radius 2 is 2.14 bits per heavy atom. The number of carbonyl (C=O) groups excluding carboxylic acids is 1. The quantitative estimate of drug-likeness (QED) is 0.386. The summed E-state index contributed by atoms with van der Waals surface area (Å²) >= 11 is 5.51. The highest BCUT2D eigenvalue weighted by Gasteiger charge is 2.18. The van der Waals surface area contributed by atoms with Gasteiger partial charge in [-0.3, -0.25) is 14.9 Å². The van der Waals surface area contributed by atoms with E-state index in [1.165, 1.54) is 12.1 Å². The van der Waals surface area contributed by atoms with Crippen molar-refractivity contribution in [2.24, 2.45) is 0 Å². The van der Waals surface area contributed by atoms with Gasteiger partial charge in [0.25, 0.3) is 5.69 Å². The van der Waals surface area contributed by atoms with Crippen molar-refractivity contribution < 1.29 is 14.8 Å². The third-order valence-electron chi connectivity index (χ3n) is 2.73. The molecule has 0 aliphatic heterocycles. The second kappa shape index (κ2) is 7.95. The number of anilines is 2. The van der Waals surface area contributed by atoms with Gasteiger partial charge in [0, 0.05) is 30.6 Å². The van der Waals surface area contributed by atoms with Crippen LogP contribution in [0.3, 0.4) is 0 Å². The summed E-state index contributed by atoms with van der Waals surface area (Å²) < 4.78 is 0. The first-order valence-electron chi connectivity index (χ1n) is 6.83. The lowest BCUT2D eigenvalue weighted by Crippen LogP contribution is -2.29. The van der Waals surface area contributed by atoms with Crippen molar-refractivity contribution in [2.75, 3.05) is 23.1 Å².